The average molecular weight is 861 g/mol. The van der Waals surface area contributed by atoms with E-state index in [0.29, 0.717) is 33.8 Å². The van der Waals surface area contributed by atoms with Crippen LogP contribution in [0.5, 0.6) is 17.2 Å². The van der Waals surface area contributed by atoms with Gasteiger partial charge in [0.25, 0.3) is 11.8 Å². The summed E-state index contributed by atoms with van der Waals surface area (Å²) in [6, 6.07) is 24.3. The van der Waals surface area contributed by atoms with Crippen LogP contribution in [0.3, 0.4) is 0 Å². The fourth-order valence-electron chi connectivity index (χ4n) is 8.74. The molecule has 2 aromatic heterocycles. The topological polar surface area (TPSA) is 140 Å². The molecule has 15 heteroatoms. The highest BCUT2D eigenvalue weighted by Crippen LogP contribution is 2.43. The number of rotatable bonds is 11. The van der Waals surface area contributed by atoms with Gasteiger partial charge in [-0.3, -0.25) is 28.5 Å². The van der Waals surface area contributed by atoms with Crippen LogP contribution in [0.1, 0.15) is 94.8 Å². The lowest BCUT2D eigenvalue weighted by Crippen LogP contribution is -2.49. The van der Waals surface area contributed by atoms with E-state index in [-0.39, 0.29) is 47.9 Å². The van der Waals surface area contributed by atoms with Gasteiger partial charge < -0.3 is 19.6 Å². The Kier molecular flexibility index (Phi) is 11.5. The third kappa shape index (κ3) is 7.97. The molecule has 318 valence electrons. The minimum absolute atomic E-state index is 0.0159. The van der Waals surface area contributed by atoms with E-state index in [9.17, 15) is 33.1 Å². The summed E-state index contributed by atoms with van der Waals surface area (Å²) in [6.07, 6.45) is 2.04. The molecule has 0 saturated carbocycles. The highest BCUT2D eigenvalue weighted by molar-refractivity contribution is 6.30. The van der Waals surface area contributed by atoms with Gasteiger partial charge in [-0.15, -0.1) is 0 Å². The molecular weight excluding hydrogens is 818 g/mol. The summed E-state index contributed by atoms with van der Waals surface area (Å²) < 4.78 is 39.1. The number of benzene rings is 4. The Hall–Kier alpha value is -6.67. The highest BCUT2D eigenvalue weighted by atomic mass is 35.5. The monoisotopic (exact) mass is 860 g/mol. The second kappa shape index (κ2) is 17.0. The lowest BCUT2D eigenvalue weighted by atomic mass is 9.83. The first kappa shape index (κ1) is 42.0. The molecule has 2 aliphatic heterocycles. The van der Waals surface area contributed by atoms with Crippen LogP contribution in [0.25, 0.3) is 0 Å². The van der Waals surface area contributed by atoms with E-state index in [4.69, 9.17) is 16.3 Å². The Morgan fingerprint density at radius 3 is 1.81 bits per heavy atom. The van der Waals surface area contributed by atoms with E-state index in [1.54, 1.807) is 70.5 Å². The summed E-state index contributed by atoms with van der Waals surface area (Å²) in [5.74, 6) is -4.19. The molecule has 12 nitrogen and oxygen atoms in total. The van der Waals surface area contributed by atoms with Gasteiger partial charge in [0.05, 0.1) is 24.5 Å². The van der Waals surface area contributed by atoms with E-state index in [1.165, 1.54) is 33.6 Å². The van der Waals surface area contributed by atoms with E-state index in [1.807, 2.05) is 39.8 Å². The van der Waals surface area contributed by atoms with E-state index in [0.717, 1.165) is 12.4 Å². The lowest BCUT2D eigenvalue weighted by Gasteiger charge is -2.41. The Bertz CT molecular complexity index is 2780. The van der Waals surface area contributed by atoms with Gasteiger partial charge in [-0.2, -0.15) is 10.2 Å². The summed E-state index contributed by atoms with van der Waals surface area (Å²) in [7, 11) is 0. The third-order valence-electron chi connectivity index (χ3n) is 11.4. The maximum absolute atomic E-state index is 14.9. The van der Waals surface area contributed by atoms with Crippen molar-refractivity contribution in [2.24, 2.45) is 5.92 Å². The van der Waals surface area contributed by atoms with Gasteiger partial charge in [0.2, 0.25) is 16.6 Å². The van der Waals surface area contributed by atoms with Crippen molar-refractivity contribution in [3.05, 3.63) is 180 Å². The predicted octanol–water partition coefficient (Wildman–Crippen LogP) is 7.95. The van der Waals surface area contributed by atoms with Crippen LogP contribution in [0.15, 0.2) is 119 Å². The second-order valence-electron chi connectivity index (χ2n) is 16.4. The van der Waals surface area contributed by atoms with E-state index >= 15 is 0 Å². The van der Waals surface area contributed by atoms with Gasteiger partial charge in [-0.05, 0) is 90.6 Å². The molecular formula is C47H43ClF2N6O6. The molecule has 1 N–H and O–H groups in total. The third-order valence-corrected chi connectivity index (χ3v) is 11.6. The molecule has 3 unspecified atom stereocenters. The molecule has 2 amide bonds. The molecule has 0 saturated heterocycles. The number of hydrogen-bond donors (Lipinski definition) is 1. The first-order valence-electron chi connectivity index (χ1n) is 20.3. The maximum atomic E-state index is 14.9. The smallest absolute Gasteiger partial charge is 0.276 e. The number of hydrogen-bond acceptors (Lipinski definition) is 8. The Balaban J connectivity index is 1.27. The zero-order valence-electron chi connectivity index (χ0n) is 34.3. The van der Waals surface area contributed by atoms with Crippen LogP contribution in [0.2, 0.25) is 5.02 Å². The minimum atomic E-state index is -0.794. The Morgan fingerprint density at radius 2 is 1.23 bits per heavy atom. The average Bonchev–Trinajstić information content (AvgIpc) is 3.22. The summed E-state index contributed by atoms with van der Waals surface area (Å²) >= 11 is 6.56. The van der Waals surface area contributed by atoms with Crippen molar-refractivity contribution in [2.75, 3.05) is 19.6 Å². The zero-order chi connectivity index (χ0) is 44.0. The standard InChI is InChI=1S/C47H43ClF2N6O6/c1-26(2)23-53-24-36(41(29-10-6-14-33(49)18-29)30-11-7-15-34(50)19-30)56-43(46(53)60)45(39(58)22-52-56)62-35-16-8-12-31(20-35)40(28-9-5-13-32(48)17-28)37-25-54(27(3)4)47(61)42-44(59)38(57)21-51-55(37)42/h5-22,26-27,36-37,40-41,59H,23-25H2,1-4H3. The molecule has 6 aromatic rings. The summed E-state index contributed by atoms with van der Waals surface area (Å²) in [5, 5.41) is 20.2. The fraction of sp³-hybridized carbons (Fsp3) is 0.277. The van der Waals surface area contributed by atoms with Gasteiger partial charge in [-0.25, -0.2) is 8.78 Å². The Labute approximate surface area is 360 Å². The van der Waals surface area contributed by atoms with Gasteiger partial charge >= 0.3 is 0 Å². The quantitative estimate of drug-likeness (QED) is 0.139. The minimum Gasteiger partial charge on any atom is -0.502 e. The number of amides is 2. The molecule has 0 radical (unpaired) electrons. The van der Waals surface area contributed by atoms with Crippen LogP contribution < -0.4 is 15.6 Å². The van der Waals surface area contributed by atoms with Gasteiger partial charge in [-0.1, -0.05) is 74.0 Å². The van der Waals surface area contributed by atoms with Crippen LogP contribution in [0.4, 0.5) is 8.78 Å². The number of carbonyl (C=O) groups is 2. The van der Waals surface area contributed by atoms with Crippen LogP contribution >= 0.6 is 11.6 Å². The van der Waals surface area contributed by atoms with Crippen molar-refractivity contribution < 1.29 is 28.2 Å². The van der Waals surface area contributed by atoms with Crippen LogP contribution in [-0.2, 0) is 0 Å². The largest absolute Gasteiger partial charge is 0.502 e. The molecule has 0 aliphatic carbocycles. The first-order valence-corrected chi connectivity index (χ1v) is 20.6. The number of carbonyl (C=O) groups excluding carboxylic acids is 2. The summed E-state index contributed by atoms with van der Waals surface area (Å²) in [5.41, 5.74) is 0.544. The number of halogens is 3. The maximum Gasteiger partial charge on any atom is 0.276 e. The number of nitrogens with zero attached hydrogens (tertiary/aromatic N) is 6. The van der Waals surface area contributed by atoms with Crippen molar-refractivity contribution in [1.29, 1.82) is 0 Å². The summed E-state index contributed by atoms with van der Waals surface area (Å²) in [4.78, 5) is 58.0. The molecule has 4 aromatic carbocycles. The van der Waals surface area contributed by atoms with Crippen LogP contribution in [-0.4, -0.2) is 72.0 Å². The van der Waals surface area contributed by atoms with Crippen molar-refractivity contribution in [3.63, 3.8) is 0 Å². The van der Waals surface area contributed by atoms with Gasteiger partial charge in [0, 0.05) is 42.5 Å². The number of ether oxygens (including phenoxy) is 1. The molecule has 3 atom stereocenters. The Morgan fingerprint density at radius 1 is 0.694 bits per heavy atom. The zero-order valence-corrected chi connectivity index (χ0v) is 35.0. The molecule has 2 aliphatic rings. The molecule has 0 spiro atoms. The molecule has 8 rings (SSSR count). The first-order chi connectivity index (χ1) is 29.7. The van der Waals surface area contributed by atoms with Gasteiger partial charge in [0.15, 0.2) is 17.1 Å². The van der Waals surface area contributed by atoms with E-state index < -0.39 is 64.0 Å². The van der Waals surface area contributed by atoms with Crippen molar-refractivity contribution in [3.8, 4) is 17.2 Å². The second-order valence-corrected chi connectivity index (χ2v) is 16.8. The SMILES string of the molecule is CC(C)CN1CC(C(c2cccc(F)c2)c2cccc(F)c2)n2ncc(=O)c(Oc3cccc(C(c4cccc(Cl)c4)C4CN(C(C)C)C(=O)c5c(O)c(=O)cnn54)c3)c2C1=O. The number of aromatic nitrogens is 4. The normalized spacial score (nSPS) is 16.8. The molecule has 62 heavy (non-hydrogen) atoms. The van der Waals surface area contributed by atoms with Crippen molar-refractivity contribution >= 4 is 23.4 Å². The number of aromatic hydroxyl groups is 1. The molecule has 0 bridgehead atoms. The summed E-state index contributed by atoms with van der Waals surface area (Å²) in [6.45, 7) is 8.14. The molecule has 4 heterocycles. The number of fused-ring (bicyclic) bond motifs is 2. The van der Waals surface area contributed by atoms with Crippen LogP contribution in [0, 0.1) is 17.6 Å². The van der Waals surface area contributed by atoms with Crippen molar-refractivity contribution in [1.82, 2.24) is 29.4 Å². The van der Waals surface area contributed by atoms with Crippen molar-refractivity contribution in [2.45, 2.75) is 57.7 Å². The van der Waals surface area contributed by atoms with E-state index in [2.05, 4.69) is 10.2 Å². The van der Waals surface area contributed by atoms with Gasteiger partial charge in [0.1, 0.15) is 17.4 Å². The molecule has 0 fully saturated rings. The predicted molar refractivity (Wildman–Crippen MR) is 228 cm³/mol. The fourth-order valence-corrected chi connectivity index (χ4v) is 8.94. The lowest BCUT2D eigenvalue weighted by molar-refractivity contribution is 0.0568. The highest BCUT2D eigenvalue weighted by Gasteiger charge is 2.42.